The summed E-state index contributed by atoms with van der Waals surface area (Å²) in [7, 11) is 0. The average molecular weight is 521 g/mol. The van der Waals surface area contributed by atoms with Crippen LogP contribution >= 0.6 is 0 Å². The molecule has 1 saturated carbocycles. The Morgan fingerprint density at radius 2 is 1.71 bits per heavy atom. The van der Waals surface area contributed by atoms with Crippen LogP contribution in [0.15, 0.2) is 61.2 Å². The Bertz CT molecular complexity index is 1070. The highest BCUT2D eigenvalue weighted by atomic mass is 16.5. The van der Waals surface area contributed by atoms with Crippen molar-refractivity contribution in [2.45, 2.75) is 63.9 Å². The van der Waals surface area contributed by atoms with Crippen molar-refractivity contribution in [2.75, 3.05) is 24.7 Å². The summed E-state index contributed by atoms with van der Waals surface area (Å²) in [5, 5.41) is 0. The number of carbonyl (C=O) groups excluding carboxylic acids is 2. The van der Waals surface area contributed by atoms with Crippen LogP contribution in [0.5, 0.6) is 5.75 Å². The minimum Gasteiger partial charge on any atom is -0.462 e. The predicted molar refractivity (Wildman–Crippen MR) is 151 cm³/mol. The third-order valence-electron chi connectivity index (χ3n) is 6.71. The van der Waals surface area contributed by atoms with Crippen LogP contribution in [0.4, 0.5) is 11.4 Å². The van der Waals surface area contributed by atoms with Crippen molar-refractivity contribution in [1.82, 2.24) is 0 Å². The van der Waals surface area contributed by atoms with E-state index in [9.17, 15) is 9.59 Å². The first-order valence-electron chi connectivity index (χ1n) is 13.5. The van der Waals surface area contributed by atoms with Gasteiger partial charge >= 0.3 is 11.9 Å². The van der Waals surface area contributed by atoms with Crippen molar-refractivity contribution < 1.29 is 23.8 Å². The van der Waals surface area contributed by atoms with Gasteiger partial charge in [-0.25, -0.2) is 4.79 Å². The van der Waals surface area contributed by atoms with E-state index in [1.165, 1.54) is 6.08 Å². The molecule has 0 radical (unpaired) electrons. The number of rotatable bonds is 14. The Balaban J connectivity index is 1.34. The lowest BCUT2D eigenvalue weighted by molar-refractivity contribution is -0.141. The van der Waals surface area contributed by atoms with Gasteiger partial charge in [0.25, 0.3) is 0 Å². The van der Waals surface area contributed by atoms with Crippen LogP contribution in [0.1, 0.15) is 62.5 Å². The van der Waals surface area contributed by atoms with Gasteiger partial charge in [-0.1, -0.05) is 24.6 Å². The summed E-state index contributed by atoms with van der Waals surface area (Å²) >= 11 is 0. The molecule has 1 aliphatic carbocycles. The number of esters is 2. The van der Waals surface area contributed by atoms with Crippen molar-refractivity contribution in [3.8, 4) is 5.75 Å². The van der Waals surface area contributed by atoms with E-state index in [-0.39, 0.29) is 24.6 Å². The smallest absolute Gasteiger partial charge is 0.330 e. The van der Waals surface area contributed by atoms with Gasteiger partial charge in [-0.15, -0.1) is 6.58 Å². The third-order valence-corrected chi connectivity index (χ3v) is 6.71. The first-order chi connectivity index (χ1) is 18.4. The van der Waals surface area contributed by atoms with Crippen molar-refractivity contribution >= 4 is 29.4 Å². The Hall–Kier alpha value is -3.58. The second-order valence-electron chi connectivity index (χ2n) is 9.68. The second kappa shape index (κ2) is 15.6. The number of benzene rings is 2. The molecule has 0 amide bonds. The molecule has 0 atom stereocenters. The van der Waals surface area contributed by atoms with Crippen molar-refractivity contribution in [3.63, 3.8) is 0 Å². The molecule has 2 aromatic carbocycles. The lowest BCUT2D eigenvalue weighted by Crippen LogP contribution is -2.29. The van der Waals surface area contributed by atoms with Gasteiger partial charge in [0, 0.05) is 30.5 Å². The molecule has 4 N–H and O–H groups in total. The van der Waals surface area contributed by atoms with E-state index in [4.69, 9.17) is 25.7 Å². The molecule has 204 valence electrons. The molecule has 38 heavy (non-hydrogen) atoms. The number of nitrogens with two attached hydrogens (primary N) is 2. The standard InChI is InChI=1S/C31H40N2O5/c1-2-3-4-5-6-20-36-27-15-10-24(11-16-27)31(35)38-28-13-7-23(8-14-28)9-18-30(34)37-21-19-25-22-26(32)12-17-29(25)33/h2,7-9,12-14,17-18,22,24,27H,1,3-6,10-11,15-16,19-21,32-33H2/b18-9+. The van der Waals surface area contributed by atoms with Gasteiger partial charge in [-0.3, -0.25) is 4.79 Å². The predicted octanol–water partition coefficient (Wildman–Crippen LogP) is 5.88. The number of allylic oxidation sites excluding steroid dienone is 1. The van der Waals surface area contributed by atoms with E-state index in [2.05, 4.69) is 6.58 Å². The Labute approximate surface area is 225 Å². The summed E-state index contributed by atoms with van der Waals surface area (Å²) in [6.07, 6.45) is 13.5. The fraction of sp³-hybridized carbons (Fsp3) is 0.419. The van der Waals surface area contributed by atoms with Crippen molar-refractivity contribution in [1.29, 1.82) is 0 Å². The number of ether oxygens (including phenoxy) is 3. The maximum absolute atomic E-state index is 12.6. The molecule has 1 aliphatic rings. The van der Waals surface area contributed by atoms with Crippen LogP contribution in [0.2, 0.25) is 0 Å². The van der Waals surface area contributed by atoms with Crippen LogP contribution < -0.4 is 16.2 Å². The summed E-state index contributed by atoms with van der Waals surface area (Å²) < 4.78 is 16.8. The molecule has 0 unspecified atom stereocenters. The summed E-state index contributed by atoms with van der Waals surface area (Å²) in [6.45, 7) is 4.73. The van der Waals surface area contributed by atoms with Gasteiger partial charge in [-0.2, -0.15) is 0 Å². The Morgan fingerprint density at radius 3 is 2.45 bits per heavy atom. The number of hydrogen-bond donors (Lipinski definition) is 2. The number of anilines is 2. The molecular formula is C31H40N2O5. The summed E-state index contributed by atoms with van der Waals surface area (Å²) in [4.78, 5) is 24.7. The Morgan fingerprint density at radius 1 is 0.947 bits per heavy atom. The zero-order valence-corrected chi connectivity index (χ0v) is 22.1. The van der Waals surface area contributed by atoms with Crippen molar-refractivity contribution in [3.05, 3.63) is 72.3 Å². The first kappa shape index (κ1) is 29.0. The zero-order chi connectivity index (χ0) is 27.2. The minimum absolute atomic E-state index is 0.0977. The quantitative estimate of drug-likeness (QED) is 0.0799. The Kier molecular flexibility index (Phi) is 11.9. The van der Waals surface area contributed by atoms with E-state index in [1.807, 2.05) is 6.08 Å². The van der Waals surface area contributed by atoms with Gasteiger partial charge in [0.05, 0.1) is 18.6 Å². The number of hydrogen-bond acceptors (Lipinski definition) is 7. The van der Waals surface area contributed by atoms with Gasteiger partial charge in [-0.05, 0) is 92.5 Å². The maximum atomic E-state index is 12.6. The second-order valence-corrected chi connectivity index (χ2v) is 9.68. The molecule has 0 aromatic heterocycles. The van der Waals surface area contributed by atoms with Gasteiger partial charge in [0.2, 0.25) is 0 Å². The molecule has 0 spiro atoms. The average Bonchev–Trinajstić information content (AvgIpc) is 2.92. The molecule has 0 bridgehead atoms. The van der Waals surface area contributed by atoms with E-state index >= 15 is 0 Å². The SMILES string of the molecule is C=CCCCCCOC1CCC(C(=O)Oc2ccc(/C=C/C(=O)OCCc3cc(N)ccc3N)cc2)CC1. The molecular weight excluding hydrogens is 480 g/mol. The van der Waals surface area contributed by atoms with Gasteiger partial charge in [0.1, 0.15) is 5.75 Å². The topological polar surface area (TPSA) is 114 Å². The summed E-state index contributed by atoms with van der Waals surface area (Å²) in [5.41, 5.74) is 14.6. The van der Waals surface area contributed by atoms with Crippen LogP contribution in [-0.2, 0) is 25.5 Å². The van der Waals surface area contributed by atoms with Crippen LogP contribution in [0, 0.1) is 5.92 Å². The molecule has 0 aliphatic heterocycles. The highest BCUT2D eigenvalue weighted by Gasteiger charge is 2.28. The minimum atomic E-state index is -0.449. The highest BCUT2D eigenvalue weighted by molar-refractivity contribution is 5.87. The number of carbonyl (C=O) groups is 2. The lowest BCUT2D eigenvalue weighted by atomic mass is 9.87. The largest absolute Gasteiger partial charge is 0.462 e. The highest BCUT2D eigenvalue weighted by Crippen LogP contribution is 2.28. The van der Waals surface area contributed by atoms with Crippen molar-refractivity contribution in [2.24, 2.45) is 5.92 Å². The van der Waals surface area contributed by atoms with E-state index in [0.29, 0.717) is 23.5 Å². The van der Waals surface area contributed by atoms with E-state index < -0.39 is 5.97 Å². The summed E-state index contributed by atoms with van der Waals surface area (Å²) in [6, 6.07) is 12.3. The number of unbranched alkanes of at least 4 members (excludes halogenated alkanes) is 3. The van der Waals surface area contributed by atoms with Crippen LogP contribution in [-0.4, -0.2) is 31.3 Å². The van der Waals surface area contributed by atoms with Crippen LogP contribution in [0.25, 0.3) is 6.08 Å². The molecule has 7 heteroatoms. The van der Waals surface area contributed by atoms with Gasteiger partial charge < -0.3 is 25.7 Å². The summed E-state index contributed by atoms with van der Waals surface area (Å²) in [5.74, 6) is -0.248. The fourth-order valence-corrected chi connectivity index (χ4v) is 4.45. The molecule has 3 rings (SSSR count). The third kappa shape index (κ3) is 10.1. The van der Waals surface area contributed by atoms with Crippen LogP contribution in [0.3, 0.4) is 0 Å². The van der Waals surface area contributed by atoms with E-state index in [0.717, 1.165) is 69.1 Å². The monoisotopic (exact) mass is 520 g/mol. The maximum Gasteiger partial charge on any atom is 0.330 e. The molecule has 2 aromatic rings. The fourth-order valence-electron chi connectivity index (χ4n) is 4.45. The molecule has 7 nitrogen and oxygen atoms in total. The number of nitrogen functional groups attached to an aromatic ring is 2. The molecule has 1 fully saturated rings. The molecule has 0 heterocycles. The normalized spacial score (nSPS) is 17.3. The van der Waals surface area contributed by atoms with E-state index in [1.54, 1.807) is 48.5 Å². The first-order valence-corrected chi connectivity index (χ1v) is 13.5. The molecule has 0 saturated heterocycles. The van der Waals surface area contributed by atoms with Gasteiger partial charge in [0.15, 0.2) is 0 Å². The lowest BCUT2D eigenvalue weighted by Gasteiger charge is -2.27. The zero-order valence-electron chi connectivity index (χ0n) is 22.1.